The van der Waals surface area contributed by atoms with Gasteiger partial charge in [-0.15, -0.1) is 0 Å². The molecule has 130 valence electrons. The molecule has 2 aromatic carbocycles. The number of rotatable bonds is 3. The molecule has 0 amide bonds. The van der Waals surface area contributed by atoms with Crippen LogP contribution in [0.4, 0.5) is 0 Å². The van der Waals surface area contributed by atoms with E-state index < -0.39 is 0 Å². The van der Waals surface area contributed by atoms with Crippen LogP contribution in [0.3, 0.4) is 0 Å². The van der Waals surface area contributed by atoms with Crippen LogP contribution >= 0.6 is 0 Å². The van der Waals surface area contributed by atoms with Crippen molar-refractivity contribution in [2.45, 2.75) is 74.1 Å². The molecule has 2 aromatic rings. The number of hydrogen-bond donors (Lipinski definition) is 0. The van der Waals surface area contributed by atoms with Gasteiger partial charge in [-0.25, -0.2) is 0 Å². The molecule has 0 nitrogen and oxygen atoms in total. The van der Waals surface area contributed by atoms with Gasteiger partial charge in [0.15, 0.2) is 0 Å². The second-order valence-corrected chi connectivity index (χ2v) is 5.27. The molecule has 0 saturated carbocycles. The van der Waals surface area contributed by atoms with Crippen molar-refractivity contribution in [3.05, 3.63) is 71.3 Å². The van der Waals surface area contributed by atoms with Crippen LogP contribution in [0.1, 0.15) is 84.4 Å². The van der Waals surface area contributed by atoms with E-state index in [0.717, 1.165) is 6.42 Å². The van der Waals surface area contributed by atoms with Gasteiger partial charge in [-0.2, -0.15) is 0 Å². The van der Waals surface area contributed by atoms with Crippen LogP contribution < -0.4 is 0 Å². The topological polar surface area (TPSA) is 0 Å². The Morgan fingerprint density at radius 2 is 1.04 bits per heavy atom. The molecule has 0 aliphatic heterocycles. The van der Waals surface area contributed by atoms with E-state index in [4.69, 9.17) is 0 Å². The normalized spacial score (nSPS) is 8.74. The van der Waals surface area contributed by atoms with Gasteiger partial charge < -0.3 is 0 Å². The predicted octanol–water partition coefficient (Wildman–Crippen LogP) is 7.87. The van der Waals surface area contributed by atoms with E-state index in [9.17, 15) is 0 Å². The Morgan fingerprint density at radius 1 is 0.652 bits per heavy atom. The van der Waals surface area contributed by atoms with Gasteiger partial charge in [0.1, 0.15) is 0 Å². The Hall–Kier alpha value is -1.56. The van der Waals surface area contributed by atoms with Crippen LogP contribution in [0.5, 0.6) is 0 Å². The summed E-state index contributed by atoms with van der Waals surface area (Å²) in [4.78, 5) is 0. The van der Waals surface area contributed by atoms with Gasteiger partial charge >= 0.3 is 0 Å². The Morgan fingerprint density at radius 3 is 1.43 bits per heavy atom. The molecule has 0 spiro atoms. The summed E-state index contributed by atoms with van der Waals surface area (Å²) in [5.41, 5.74) is 4.17. The van der Waals surface area contributed by atoms with E-state index in [-0.39, 0.29) is 0 Å². The molecule has 0 heterocycles. The lowest BCUT2D eigenvalue weighted by Crippen LogP contribution is -1.90. The molecule has 0 fully saturated rings. The van der Waals surface area contributed by atoms with Crippen molar-refractivity contribution in [1.82, 2.24) is 0 Å². The largest absolute Gasteiger partial charge is 0.0683 e. The second kappa shape index (κ2) is 16.8. The van der Waals surface area contributed by atoms with Crippen LogP contribution in [-0.4, -0.2) is 0 Å². The molecular weight excluding hydrogens is 276 g/mol. The monoisotopic (exact) mass is 314 g/mol. The minimum absolute atomic E-state index is 0.616. The van der Waals surface area contributed by atoms with Crippen LogP contribution in [0.25, 0.3) is 0 Å². The maximum atomic E-state index is 2.24. The molecule has 0 atom stereocenters. The molecule has 0 heteroatoms. The average molecular weight is 315 g/mol. The molecular formula is C23H38. The summed E-state index contributed by atoms with van der Waals surface area (Å²) < 4.78 is 0. The third kappa shape index (κ3) is 11.6. The fourth-order valence-corrected chi connectivity index (χ4v) is 1.85. The summed E-state index contributed by atoms with van der Waals surface area (Å²) in [7, 11) is 0. The van der Waals surface area contributed by atoms with Gasteiger partial charge in [-0.3, -0.25) is 0 Å². The highest BCUT2D eigenvalue weighted by molar-refractivity contribution is 5.29. The van der Waals surface area contributed by atoms with E-state index in [1.54, 1.807) is 0 Å². The molecule has 0 radical (unpaired) electrons. The Bertz CT molecular complexity index is 437. The van der Waals surface area contributed by atoms with E-state index in [2.05, 4.69) is 82.3 Å². The quantitative estimate of drug-likeness (QED) is 0.540. The average Bonchev–Trinajstić information content (AvgIpc) is 2.60. The fourth-order valence-electron chi connectivity index (χ4n) is 1.85. The minimum atomic E-state index is 0.616. The molecule has 0 saturated heterocycles. The molecule has 0 bridgehead atoms. The predicted molar refractivity (Wildman–Crippen MR) is 108 cm³/mol. The van der Waals surface area contributed by atoms with E-state index >= 15 is 0 Å². The Kier molecular flexibility index (Phi) is 17.3. The molecule has 0 unspecified atom stereocenters. The summed E-state index contributed by atoms with van der Waals surface area (Å²) in [6.07, 6.45) is 2.28. The van der Waals surface area contributed by atoms with Gasteiger partial charge in [0.2, 0.25) is 0 Å². The van der Waals surface area contributed by atoms with Crippen molar-refractivity contribution in [1.29, 1.82) is 0 Å². The van der Waals surface area contributed by atoms with Crippen LogP contribution in [0, 0.1) is 0 Å². The van der Waals surface area contributed by atoms with Gasteiger partial charge in [-0.05, 0) is 29.0 Å². The maximum Gasteiger partial charge on any atom is -0.00258 e. The van der Waals surface area contributed by atoms with Crippen molar-refractivity contribution in [2.75, 3.05) is 0 Å². The summed E-state index contributed by atoms with van der Waals surface area (Å²) in [6.45, 7) is 16.7. The van der Waals surface area contributed by atoms with Gasteiger partial charge in [0.25, 0.3) is 0 Å². The first-order valence-corrected chi connectivity index (χ1v) is 9.30. The summed E-state index contributed by atoms with van der Waals surface area (Å²) in [5.74, 6) is 0.616. The highest BCUT2D eigenvalue weighted by atomic mass is 14.0. The zero-order valence-corrected chi connectivity index (χ0v) is 16.7. The van der Waals surface area contributed by atoms with Crippen molar-refractivity contribution in [3.8, 4) is 0 Å². The van der Waals surface area contributed by atoms with E-state index in [0.29, 0.717) is 5.92 Å². The molecule has 23 heavy (non-hydrogen) atoms. The molecule has 0 aliphatic rings. The SMILES string of the molecule is CC.CC.CC(C)c1ccc(Cc2ccccc2)cc1.CCC. The van der Waals surface area contributed by atoms with Crippen molar-refractivity contribution in [3.63, 3.8) is 0 Å². The van der Waals surface area contributed by atoms with Crippen molar-refractivity contribution >= 4 is 0 Å². The van der Waals surface area contributed by atoms with Crippen molar-refractivity contribution in [2.24, 2.45) is 0 Å². The third-order valence-corrected chi connectivity index (χ3v) is 2.90. The zero-order valence-electron chi connectivity index (χ0n) is 16.7. The highest BCUT2D eigenvalue weighted by Crippen LogP contribution is 2.16. The van der Waals surface area contributed by atoms with Gasteiger partial charge in [0.05, 0.1) is 0 Å². The number of benzene rings is 2. The second-order valence-electron chi connectivity index (χ2n) is 5.27. The lowest BCUT2D eigenvalue weighted by molar-refractivity contribution is 0.865. The third-order valence-electron chi connectivity index (χ3n) is 2.90. The molecule has 0 aliphatic carbocycles. The van der Waals surface area contributed by atoms with Crippen LogP contribution in [0.15, 0.2) is 54.6 Å². The number of hydrogen-bond acceptors (Lipinski definition) is 0. The lowest BCUT2D eigenvalue weighted by Gasteiger charge is -2.07. The van der Waals surface area contributed by atoms with Crippen molar-refractivity contribution < 1.29 is 0 Å². The standard InChI is InChI=1S/C16H18.C3H8.2C2H6/c1-13(2)16-10-8-15(9-11-16)12-14-6-4-3-5-7-14;1-3-2;2*1-2/h3-11,13H,12H2,1-2H3;3H2,1-2H3;2*1-2H3. The zero-order chi connectivity index (χ0) is 18.1. The smallest absolute Gasteiger partial charge is 0.00258 e. The maximum absolute atomic E-state index is 2.24. The van der Waals surface area contributed by atoms with Gasteiger partial charge in [0, 0.05) is 0 Å². The van der Waals surface area contributed by atoms with Gasteiger partial charge in [-0.1, -0.05) is 116 Å². The van der Waals surface area contributed by atoms with E-state index in [1.807, 2.05) is 27.7 Å². The molecule has 2 rings (SSSR count). The Labute approximate surface area is 146 Å². The summed E-state index contributed by atoms with van der Waals surface area (Å²) in [5, 5.41) is 0. The highest BCUT2D eigenvalue weighted by Gasteiger charge is 1.99. The minimum Gasteiger partial charge on any atom is -0.0683 e. The molecule has 0 aromatic heterocycles. The first kappa shape index (κ1) is 23.7. The summed E-state index contributed by atoms with van der Waals surface area (Å²) in [6, 6.07) is 19.6. The first-order valence-electron chi connectivity index (χ1n) is 9.30. The van der Waals surface area contributed by atoms with Crippen LogP contribution in [0.2, 0.25) is 0 Å². The van der Waals surface area contributed by atoms with Crippen LogP contribution in [-0.2, 0) is 6.42 Å². The fraction of sp³-hybridized carbons (Fsp3) is 0.478. The summed E-state index contributed by atoms with van der Waals surface area (Å²) >= 11 is 0. The van der Waals surface area contributed by atoms with E-state index in [1.165, 1.54) is 23.1 Å². The Balaban J connectivity index is 0. The lowest BCUT2D eigenvalue weighted by atomic mass is 9.99. The molecule has 0 N–H and O–H groups in total. The first-order chi connectivity index (χ1) is 11.2.